The van der Waals surface area contributed by atoms with Crippen LogP contribution >= 0.6 is 0 Å². The van der Waals surface area contributed by atoms with Gasteiger partial charge in [-0.05, 0) is 31.3 Å². The molecular formula is C14H13F4NO2. The molecule has 0 spiro atoms. The van der Waals surface area contributed by atoms with Gasteiger partial charge in [-0.1, -0.05) is 0 Å². The maximum Gasteiger partial charge on any atom is 0.419 e. The standard InChI is InChI=1S/C14H13F4NO2/c1-19-7-9-4-5-20-13(9)8-21-10-2-3-12(15)11(6-10)14(16,17)18/h2-6,19H,7-8H2,1H3. The van der Waals surface area contributed by atoms with Gasteiger partial charge in [0.15, 0.2) is 0 Å². The van der Waals surface area contributed by atoms with Gasteiger partial charge >= 0.3 is 6.18 Å². The molecule has 0 aliphatic heterocycles. The maximum absolute atomic E-state index is 13.1. The molecule has 0 aliphatic carbocycles. The predicted octanol–water partition coefficient (Wildman–Crippen LogP) is 3.74. The van der Waals surface area contributed by atoms with Crippen molar-refractivity contribution < 1.29 is 26.7 Å². The largest absolute Gasteiger partial charge is 0.486 e. The Bertz CT molecular complexity index is 607. The highest BCUT2D eigenvalue weighted by atomic mass is 19.4. The first-order chi connectivity index (χ1) is 9.91. The molecule has 7 heteroatoms. The second-order valence-corrected chi connectivity index (χ2v) is 4.33. The van der Waals surface area contributed by atoms with E-state index in [4.69, 9.17) is 9.15 Å². The summed E-state index contributed by atoms with van der Waals surface area (Å²) in [6.45, 7) is 0.513. The fourth-order valence-corrected chi connectivity index (χ4v) is 1.80. The van der Waals surface area contributed by atoms with Crippen molar-refractivity contribution in [3.8, 4) is 5.75 Å². The zero-order valence-electron chi connectivity index (χ0n) is 11.1. The third-order valence-electron chi connectivity index (χ3n) is 2.82. The second kappa shape index (κ2) is 6.17. The second-order valence-electron chi connectivity index (χ2n) is 4.33. The van der Waals surface area contributed by atoms with Gasteiger partial charge in [0.1, 0.15) is 23.9 Å². The lowest BCUT2D eigenvalue weighted by molar-refractivity contribution is -0.140. The van der Waals surface area contributed by atoms with E-state index in [-0.39, 0.29) is 12.4 Å². The molecule has 1 heterocycles. The van der Waals surface area contributed by atoms with Crippen LogP contribution in [-0.4, -0.2) is 7.05 Å². The number of hydrogen-bond donors (Lipinski definition) is 1. The summed E-state index contributed by atoms with van der Waals surface area (Å²) in [4.78, 5) is 0. The molecule has 2 aromatic rings. The Balaban J connectivity index is 2.12. The fraction of sp³-hybridized carbons (Fsp3) is 0.286. The number of rotatable bonds is 5. The van der Waals surface area contributed by atoms with Crippen LogP contribution in [0.5, 0.6) is 5.75 Å². The molecule has 21 heavy (non-hydrogen) atoms. The van der Waals surface area contributed by atoms with Crippen molar-refractivity contribution in [2.24, 2.45) is 0 Å². The Morgan fingerprint density at radius 1 is 1.24 bits per heavy atom. The van der Waals surface area contributed by atoms with E-state index in [1.165, 1.54) is 6.26 Å². The third-order valence-corrected chi connectivity index (χ3v) is 2.82. The molecule has 0 aliphatic rings. The Hall–Kier alpha value is -2.02. The number of nitrogens with one attached hydrogen (secondary N) is 1. The van der Waals surface area contributed by atoms with Gasteiger partial charge in [0, 0.05) is 12.1 Å². The molecule has 0 amide bonds. The lowest BCUT2D eigenvalue weighted by atomic mass is 10.2. The third kappa shape index (κ3) is 3.75. The van der Waals surface area contributed by atoms with Crippen LogP contribution < -0.4 is 10.1 Å². The zero-order valence-corrected chi connectivity index (χ0v) is 11.1. The van der Waals surface area contributed by atoms with Crippen molar-refractivity contribution in [3.05, 3.63) is 53.2 Å². The Kier molecular flexibility index (Phi) is 4.52. The van der Waals surface area contributed by atoms with Crippen molar-refractivity contribution >= 4 is 0 Å². The Morgan fingerprint density at radius 2 is 2.00 bits per heavy atom. The van der Waals surface area contributed by atoms with E-state index in [0.717, 1.165) is 17.7 Å². The first-order valence-electron chi connectivity index (χ1n) is 6.11. The molecule has 0 atom stereocenters. The molecule has 1 aromatic heterocycles. The number of hydrogen-bond acceptors (Lipinski definition) is 3. The summed E-state index contributed by atoms with van der Waals surface area (Å²) in [5.41, 5.74) is -0.509. The van der Waals surface area contributed by atoms with Gasteiger partial charge in [0.2, 0.25) is 0 Å². The SMILES string of the molecule is CNCc1ccoc1COc1ccc(F)c(C(F)(F)F)c1. The van der Waals surface area contributed by atoms with Crippen LogP contribution in [0.3, 0.4) is 0 Å². The molecule has 1 aromatic carbocycles. The van der Waals surface area contributed by atoms with Gasteiger partial charge in [-0.15, -0.1) is 0 Å². The summed E-state index contributed by atoms with van der Waals surface area (Å²) in [7, 11) is 1.76. The van der Waals surface area contributed by atoms with Gasteiger partial charge < -0.3 is 14.5 Å². The summed E-state index contributed by atoms with van der Waals surface area (Å²) in [5, 5.41) is 2.93. The minimum absolute atomic E-state index is 0.0348. The summed E-state index contributed by atoms with van der Waals surface area (Å²) in [6, 6.07) is 4.25. The van der Waals surface area contributed by atoms with E-state index in [9.17, 15) is 17.6 Å². The molecule has 0 radical (unpaired) electrons. The number of furan rings is 1. The van der Waals surface area contributed by atoms with Crippen LogP contribution in [0.25, 0.3) is 0 Å². The molecule has 0 bridgehead atoms. The van der Waals surface area contributed by atoms with Gasteiger partial charge in [-0.2, -0.15) is 13.2 Å². The zero-order chi connectivity index (χ0) is 15.5. The van der Waals surface area contributed by atoms with Crippen molar-refractivity contribution in [1.82, 2.24) is 5.32 Å². The first kappa shape index (κ1) is 15.4. The van der Waals surface area contributed by atoms with Crippen molar-refractivity contribution in [3.63, 3.8) is 0 Å². The summed E-state index contributed by atoms with van der Waals surface area (Å²) >= 11 is 0. The van der Waals surface area contributed by atoms with E-state index in [1.807, 2.05) is 0 Å². The molecule has 0 saturated carbocycles. The summed E-state index contributed by atoms with van der Waals surface area (Å²) in [5.74, 6) is -0.901. The van der Waals surface area contributed by atoms with Crippen LogP contribution in [0.1, 0.15) is 16.9 Å². The van der Waals surface area contributed by atoms with Gasteiger partial charge in [-0.3, -0.25) is 0 Å². The Morgan fingerprint density at radius 3 is 2.67 bits per heavy atom. The molecule has 0 unspecified atom stereocenters. The maximum atomic E-state index is 13.1. The number of alkyl halides is 3. The van der Waals surface area contributed by atoms with E-state index in [1.54, 1.807) is 13.1 Å². The quantitative estimate of drug-likeness (QED) is 0.855. The molecule has 2 rings (SSSR count). The van der Waals surface area contributed by atoms with Crippen LogP contribution in [0, 0.1) is 5.82 Å². The van der Waals surface area contributed by atoms with Gasteiger partial charge in [0.25, 0.3) is 0 Å². The average Bonchev–Trinajstić information content (AvgIpc) is 2.84. The van der Waals surface area contributed by atoms with Gasteiger partial charge in [-0.25, -0.2) is 4.39 Å². The Labute approximate surface area is 118 Å². The summed E-state index contributed by atoms with van der Waals surface area (Å²) < 4.78 is 61.3. The van der Waals surface area contributed by atoms with Crippen molar-refractivity contribution in [1.29, 1.82) is 0 Å². The lowest BCUT2D eigenvalue weighted by Crippen LogP contribution is -2.09. The first-order valence-corrected chi connectivity index (χ1v) is 6.11. The van der Waals surface area contributed by atoms with E-state index in [0.29, 0.717) is 18.4 Å². The normalized spacial score (nSPS) is 11.7. The molecule has 3 nitrogen and oxygen atoms in total. The highest BCUT2D eigenvalue weighted by molar-refractivity contribution is 5.32. The van der Waals surface area contributed by atoms with Crippen molar-refractivity contribution in [2.45, 2.75) is 19.3 Å². The minimum atomic E-state index is -4.76. The van der Waals surface area contributed by atoms with E-state index < -0.39 is 17.6 Å². The molecule has 0 fully saturated rings. The highest BCUT2D eigenvalue weighted by Gasteiger charge is 2.34. The molecule has 114 valence electrons. The monoisotopic (exact) mass is 303 g/mol. The van der Waals surface area contributed by atoms with Gasteiger partial charge in [0.05, 0.1) is 11.8 Å². The smallest absolute Gasteiger partial charge is 0.419 e. The topological polar surface area (TPSA) is 34.4 Å². The number of ether oxygens (including phenoxy) is 1. The molecular weight excluding hydrogens is 290 g/mol. The number of halogens is 4. The minimum Gasteiger partial charge on any atom is -0.486 e. The number of benzene rings is 1. The van der Waals surface area contributed by atoms with E-state index in [2.05, 4.69) is 5.32 Å². The lowest BCUT2D eigenvalue weighted by Gasteiger charge is -2.11. The summed E-state index contributed by atoms with van der Waals surface area (Å²) in [6.07, 6.45) is -3.29. The molecule has 1 N–H and O–H groups in total. The van der Waals surface area contributed by atoms with Crippen molar-refractivity contribution in [2.75, 3.05) is 7.05 Å². The molecule has 0 saturated heterocycles. The average molecular weight is 303 g/mol. The van der Waals surface area contributed by atoms with Crippen LogP contribution in [0.2, 0.25) is 0 Å². The van der Waals surface area contributed by atoms with E-state index >= 15 is 0 Å². The predicted molar refractivity (Wildman–Crippen MR) is 67.2 cm³/mol. The van der Waals surface area contributed by atoms with Crippen LogP contribution in [0.15, 0.2) is 34.9 Å². The fourth-order valence-electron chi connectivity index (χ4n) is 1.80. The van der Waals surface area contributed by atoms with Crippen LogP contribution in [-0.2, 0) is 19.3 Å². The van der Waals surface area contributed by atoms with Crippen LogP contribution in [0.4, 0.5) is 17.6 Å². The highest BCUT2D eigenvalue weighted by Crippen LogP contribution is 2.33.